The molecule has 0 radical (unpaired) electrons. The molecule has 0 unspecified atom stereocenters. The van der Waals surface area contributed by atoms with Gasteiger partial charge in [0.2, 0.25) is 5.91 Å². The van der Waals surface area contributed by atoms with Gasteiger partial charge in [0, 0.05) is 25.2 Å². The molecule has 134 valence electrons. The standard InChI is InChI=1S/C19H24N2O4/c1-3-10-21-14-19(25-13-17(21)22)8-11-20(12-9-19)18(23)15-4-6-16(24-2)7-5-15/h3-7H,1,8-14H2,2H3. The van der Waals surface area contributed by atoms with Crippen LogP contribution in [0.15, 0.2) is 36.9 Å². The van der Waals surface area contributed by atoms with Crippen molar-refractivity contribution in [2.75, 3.05) is 39.9 Å². The third-order valence-corrected chi connectivity index (χ3v) is 4.98. The van der Waals surface area contributed by atoms with Crippen LogP contribution in [-0.2, 0) is 9.53 Å². The highest BCUT2D eigenvalue weighted by Crippen LogP contribution is 2.31. The van der Waals surface area contributed by atoms with Gasteiger partial charge in [0.15, 0.2) is 0 Å². The molecule has 2 fully saturated rings. The van der Waals surface area contributed by atoms with E-state index in [1.54, 1.807) is 42.4 Å². The Morgan fingerprint density at radius 3 is 2.60 bits per heavy atom. The molecule has 1 aromatic rings. The van der Waals surface area contributed by atoms with Gasteiger partial charge >= 0.3 is 0 Å². The van der Waals surface area contributed by atoms with Crippen LogP contribution in [0.4, 0.5) is 0 Å². The Labute approximate surface area is 148 Å². The molecular formula is C19H24N2O4. The van der Waals surface area contributed by atoms with Crippen LogP contribution in [0.1, 0.15) is 23.2 Å². The molecule has 2 amide bonds. The molecule has 3 rings (SSSR count). The lowest BCUT2D eigenvalue weighted by Crippen LogP contribution is -2.59. The maximum absolute atomic E-state index is 12.7. The summed E-state index contributed by atoms with van der Waals surface area (Å²) in [5.41, 5.74) is 0.318. The van der Waals surface area contributed by atoms with Gasteiger partial charge in [-0.05, 0) is 37.1 Å². The molecule has 1 aromatic carbocycles. The second-order valence-corrected chi connectivity index (χ2v) is 6.56. The summed E-state index contributed by atoms with van der Waals surface area (Å²) in [5.74, 6) is 0.756. The molecular weight excluding hydrogens is 320 g/mol. The number of amides is 2. The zero-order valence-electron chi connectivity index (χ0n) is 14.6. The van der Waals surface area contributed by atoms with Gasteiger partial charge in [-0.25, -0.2) is 0 Å². The second kappa shape index (κ2) is 7.27. The highest BCUT2D eigenvalue weighted by molar-refractivity contribution is 5.94. The van der Waals surface area contributed by atoms with Crippen LogP contribution in [0, 0.1) is 0 Å². The monoisotopic (exact) mass is 344 g/mol. The van der Waals surface area contributed by atoms with Gasteiger partial charge in [0.05, 0.1) is 19.3 Å². The quantitative estimate of drug-likeness (QED) is 0.781. The van der Waals surface area contributed by atoms with E-state index in [1.807, 2.05) is 4.90 Å². The minimum atomic E-state index is -0.340. The Hall–Kier alpha value is -2.34. The lowest BCUT2D eigenvalue weighted by Gasteiger charge is -2.46. The molecule has 0 N–H and O–H groups in total. The first-order valence-corrected chi connectivity index (χ1v) is 8.53. The maximum Gasteiger partial charge on any atom is 0.253 e. The Morgan fingerprint density at radius 2 is 2.00 bits per heavy atom. The predicted molar refractivity (Wildman–Crippen MR) is 93.6 cm³/mol. The number of methoxy groups -OCH3 is 1. The van der Waals surface area contributed by atoms with Gasteiger partial charge in [-0.2, -0.15) is 0 Å². The van der Waals surface area contributed by atoms with E-state index in [0.29, 0.717) is 31.7 Å². The molecule has 2 saturated heterocycles. The third kappa shape index (κ3) is 3.69. The summed E-state index contributed by atoms with van der Waals surface area (Å²) in [6.45, 7) is 6.18. The molecule has 2 heterocycles. The molecule has 0 saturated carbocycles. The largest absolute Gasteiger partial charge is 0.497 e. The molecule has 0 aromatic heterocycles. The van der Waals surface area contributed by atoms with Crippen LogP contribution in [0.2, 0.25) is 0 Å². The molecule has 2 aliphatic heterocycles. The van der Waals surface area contributed by atoms with Crippen LogP contribution in [0.5, 0.6) is 5.75 Å². The van der Waals surface area contributed by atoms with Crippen molar-refractivity contribution in [2.45, 2.75) is 18.4 Å². The van der Waals surface area contributed by atoms with Gasteiger partial charge < -0.3 is 19.3 Å². The van der Waals surface area contributed by atoms with Crippen molar-refractivity contribution in [3.8, 4) is 5.75 Å². The normalized spacial score (nSPS) is 19.8. The number of hydrogen-bond acceptors (Lipinski definition) is 4. The van der Waals surface area contributed by atoms with E-state index in [1.165, 1.54) is 0 Å². The van der Waals surface area contributed by atoms with E-state index < -0.39 is 0 Å². The number of piperidine rings is 1. The summed E-state index contributed by atoms with van der Waals surface area (Å²) in [5, 5.41) is 0. The first-order valence-electron chi connectivity index (χ1n) is 8.53. The Morgan fingerprint density at radius 1 is 1.32 bits per heavy atom. The molecule has 0 aliphatic carbocycles. The number of benzene rings is 1. The lowest BCUT2D eigenvalue weighted by atomic mass is 9.89. The number of hydrogen-bond donors (Lipinski definition) is 0. The number of carbonyl (C=O) groups excluding carboxylic acids is 2. The highest BCUT2D eigenvalue weighted by Gasteiger charge is 2.42. The van der Waals surface area contributed by atoms with Crippen LogP contribution >= 0.6 is 0 Å². The maximum atomic E-state index is 12.7. The molecule has 6 heteroatoms. The zero-order chi connectivity index (χ0) is 17.9. The van der Waals surface area contributed by atoms with Crippen molar-refractivity contribution < 1.29 is 19.1 Å². The number of ether oxygens (including phenoxy) is 2. The molecule has 0 bridgehead atoms. The van der Waals surface area contributed by atoms with E-state index in [9.17, 15) is 9.59 Å². The second-order valence-electron chi connectivity index (χ2n) is 6.56. The van der Waals surface area contributed by atoms with Gasteiger partial charge in [-0.15, -0.1) is 6.58 Å². The summed E-state index contributed by atoms with van der Waals surface area (Å²) < 4.78 is 11.0. The number of nitrogens with zero attached hydrogens (tertiary/aromatic N) is 2. The first-order chi connectivity index (χ1) is 12.1. The smallest absolute Gasteiger partial charge is 0.253 e. The van der Waals surface area contributed by atoms with Crippen molar-refractivity contribution in [1.82, 2.24) is 9.80 Å². The summed E-state index contributed by atoms with van der Waals surface area (Å²) in [7, 11) is 1.60. The minimum Gasteiger partial charge on any atom is -0.497 e. The number of rotatable bonds is 4. The number of likely N-dealkylation sites (tertiary alicyclic amines) is 1. The van der Waals surface area contributed by atoms with Crippen LogP contribution < -0.4 is 4.74 Å². The molecule has 0 atom stereocenters. The third-order valence-electron chi connectivity index (χ3n) is 4.98. The molecule has 25 heavy (non-hydrogen) atoms. The molecule has 6 nitrogen and oxygen atoms in total. The lowest BCUT2D eigenvalue weighted by molar-refractivity contribution is -0.169. The van der Waals surface area contributed by atoms with Gasteiger partial charge in [0.25, 0.3) is 5.91 Å². The van der Waals surface area contributed by atoms with Gasteiger partial charge in [-0.3, -0.25) is 9.59 Å². The molecule has 2 aliphatic rings. The van der Waals surface area contributed by atoms with E-state index >= 15 is 0 Å². The van der Waals surface area contributed by atoms with Gasteiger partial charge in [-0.1, -0.05) is 6.08 Å². The van der Waals surface area contributed by atoms with E-state index in [0.717, 1.165) is 18.6 Å². The Bertz CT molecular complexity index is 648. The predicted octanol–water partition coefficient (Wildman–Crippen LogP) is 1.71. The van der Waals surface area contributed by atoms with Crippen molar-refractivity contribution in [3.63, 3.8) is 0 Å². The average Bonchev–Trinajstić information content (AvgIpc) is 2.65. The molecule has 1 spiro atoms. The first kappa shape index (κ1) is 17.5. The van der Waals surface area contributed by atoms with Crippen molar-refractivity contribution in [1.29, 1.82) is 0 Å². The van der Waals surface area contributed by atoms with Crippen LogP contribution in [0.3, 0.4) is 0 Å². The zero-order valence-corrected chi connectivity index (χ0v) is 14.6. The SMILES string of the molecule is C=CCN1CC2(CCN(C(=O)c3ccc(OC)cc3)CC2)OCC1=O. The Kier molecular flexibility index (Phi) is 5.08. The summed E-state index contributed by atoms with van der Waals surface area (Å²) in [6.07, 6.45) is 3.20. The number of carbonyl (C=O) groups is 2. The van der Waals surface area contributed by atoms with Crippen molar-refractivity contribution in [2.24, 2.45) is 0 Å². The average molecular weight is 344 g/mol. The van der Waals surface area contributed by atoms with Crippen LogP contribution in [-0.4, -0.2) is 67.1 Å². The van der Waals surface area contributed by atoms with E-state index in [2.05, 4.69) is 6.58 Å². The van der Waals surface area contributed by atoms with Gasteiger partial charge in [0.1, 0.15) is 12.4 Å². The van der Waals surface area contributed by atoms with E-state index in [-0.39, 0.29) is 24.0 Å². The minimum absolute atomic E-state index is 0.00210. The summed E-state index contributed by atoms with van der Waals surface area (Å²) in [4.78, 5) is 28.2. The summed E-state index contributed by atoms with van der Waals surface area (Å²) >= 11 is 0. The van der Waals surface area contributed by atoms with E-state index in [4.69, 9.17) is 9.47 Å². The van der Waals surface area contributed by atoms with Crippen LogP contribution in [0.25, 0.3) is 0 Å². The fourth-order valence-electron chi connectivity index (χ4n) is 3.45. The van der Waals surface area contributed by atoms with Crippen molar-refractivity contribution >= 4 is 11.8 Å². The van der Waals surface area contributed by atoms with Crippen molar-refractivity contribution in [3.05, 3.63) is 42.5 Å². The fourth-order valence-corrected chi connectivity index (χ4v) is 3.45. The highest BCUT2D eigenvalue weighted by atomic mass is 16.5. The fraction of sp³-hybridized carbons (Fsp3) is 0.474. The topological polar surface area (TPSA) is 59.1 Å². The summed E-state index contributed by atoms with van der Waals surface area (Å²) in [6, 6.07) is 7.16. The Balaban J connectivity index is 1.61. The number of morpholine rings is 1.